The largest absolute Gasteiger partial charge is 0.487 e. The third kappa shape index (κ3) is 4.24. The lowest BCUT2D eigenvalue weighted by molar-refractivity contribution is -0.129. The van der Waals surface area contributed by atoms with Crippen LogP contribution in [0.3, 0.4) is 0 Å². The third-order valence-corrected chi connectivity index (χ3v) is 6.05. The molecule has 0 radical (unpaired) electrons. The van der Waals surface area contributed by atoms with Gasteiger partial charge in [-0.25, -0.2) is 0 Å². The normalized spacial score (nSPS) is 20.1. The molecule has 33 heavy (non-hydrogen) atoms. The summed E-state index contributed by atoms with van der Waals surface area (Å²) in [6, 6.07) is 14.4. The molecule has 1 aliphatic carbocycles. The maximum absolute atomic E-state index is 12.8. The van der Waals surface area contributed by atoms with Crippen LogP contribution in [-0.2, 0) is 4.79 Å². The van der Waals surface area contributed by atoms with Crippen LogP contribution in [0.4, 0.5) is 0 Å². The van der Waals surface area contributed by atoms with Gasteiger partial charge in [0.2, 0.25) is 6.29 Å². The Kier molecular flexibility index (Phi) is 5.43. The van der Waals surface area contributed by atoms with Gasteiger partial charge in [-0.05, 0) is 25.0 Å². The lowest BCUT2D eigenvalue weighted by atomic mass is 10.1. The van der Waals surface area contributed by atoms with E-state index in [0.29, 0.717) is 24.4 Å². The highest BCUT2D eigenvalue weighted by molar-refractivity contribution is 6.34. The van der Waals surface area contributed by atoms with E-state index in [1.807, 2.05) is 30.3 Å². The topological polar surface area (TPSA) is 115 Å². The molecule has 0 saturated heterocycles. The average Bonchev–Trinajstić information content (AvgIpc) is 3.45. The first-order chi connectivity index (χ1) is 16.0. The summed E-state index contributed by atoms with van der Waals surface area (Å²) in [5, 5.41) is 24.6. The Bertz CT molecular complexity index is 1160. The van der Waals surface area contributed by atoms with Gasteiger partial charge in [-0.1, -0.05) is 48.0 Å². The van der Waals surface area contributed by atoms with Crippen molar-refractivity contribution in [1.29, 1.82) is 0 Å². The van der Waals surface area contributed by atoms with E-state index in [-0.39, 0.29) is 35.5 Å². The zero-order valence-corrected chi connectivity index (χ0v) is 18.3. The van der Waals surface area contributed by atoms with Crippen molar-refractivity contribution < 1.29 is 19.4 Å². The summed E-state index contributed by atoms with van der Waals surface area (Å²) in [5.74, 6) is 0.169. The molecule has 1 saturated carbocycles. The zero-order chi connectivity index (χ0) is 23.0. The summed E-state index contributed by atoms with van der Waals surface area (Å²) in [4.78, 5) is 25.4. The fourth-order valence-corrected chi connectivity index (χ4v) is 3.94. The number of fused-ring (bicyclic) bond motifs is 1. The van der Waals surface area contributed by atoms with Crippen molar-refractivity contribution in [3.63, 3.8) is 0 Å². The highest BCUT2D eigenvalue weighted by Crippen LogP contribution is 2.36. The van der Waals surface area contributed by atoms with Crippen molar-refractivity contribution >= 4 is 29.3 Å². The van der Waals surface area contributed by atoms with E-state index >= 15 is 0 Å². The molecule has 2 heterocycles. The monoisotopic (exact) mass is 467 g/mol. The van der Waals surface area contributed by atoms with Crippen LogP contribution in [0, 0.1) is 0 Å². The van der Waals surface area contributed by atoms with Crippen LogP contribution in [0.15, 0.2) is 65.4 Å². The van der Waals surface area contributed by atoms with Gasteiger partial charge in [0.05, 0.1) is 28.4 Å². The fraction of sp³-hybridized carbons (Fsp3) is 0.261. The van der Waals surface area contributed by atoms with Crippen LogP contribution in [0.1, 0.15) is 28.8 Å². The maximum Gasteiger partial charge on any atom is 0.272 e. The van der Waals surface area contributed by atoms with Gasteiger partial charge in [-0.3, -0.25) is 9.59 Å². The second-order valence-corrected chi connectivity index (χ2v) is 8.56. The van der Waals surface area contributed by atoms with Gasteiger partial charge in [0.15, 0.2) is 5.84 Å². The molecular weight excluding hydrogens is 446 g/mol. The van der Waals surface area contributed by atoms with E-state index < -0.39 is 17.7 Å². The number of hydrogen-bond donors (Lipinski definition) is 4. The van der Waals surface area contributed by atoms with Gasteiger partial charge in [-0.2, -0.15) is 5.01 Å². The smallest absolute Gasteiger partial charge is 0.272 e. The van der Waals surface area contributed by atoms with Gasteiger partial charge >= 0.3 is 0 Å². The Hall–Kier alpha value is -3.56. The predicted octanol–water partition coefficient (Wildman–Crippen LogP) is 1.54. The summed E-state index contributed by atoms with van der Waals surface area (Å²) in [5.41, 5.74) is 1.00. The van der Waals surface area contributed by atoms with Crippen LogP contribution in [0.2, 0.25) is 5.02 Å². The molecule has 9 nitrogen and oxygen atoms in total. The minimum Gasteiger partial charge on any atom is -0.487 e. The number of nitrogens with one attached hydrogen (secondary N) is 3. The lowest BCUT2D eigenvalue weighted by Crippen LogP contribution is -2.54. The number of aliphatic hydroxyl groups excluding tert-OH is 1. The fourth-order valence-electron chi connectivity index (χ4n) is 3.69. The number of carbonyl (C=O) groups is 2. The molecule has 4 N–H and O–H groups in total. The van der Waals surface area contributed by atoms with Crippen molar-refractivity contribution in [1.82, 2.24) is 21.0 Å². The molecule has 0 aromatic heterocycles. The Morgan fingerprint density at radius 1 is 1.21 bits per heavy atom. The number of halogens is 1. The first kappa shape index (κ1) is 21.3. The summed E-state index contributed by atoms with van der Waals surface area (Å²) in [7, 11) is 0. The molecule has 3 aliphatic rings. The quantitative estimate of drug-likeness (QED) is 0.491. The number of ether oxygens (including phenoxy) is 1. The average molecular weight is 468 g/mol. The number of rotatable bonds is 7. The van der Waals surface area contributed by atoms with E-state index in [0.717, 1.165) is 5.56 Å². The van der Waals surface area contributed by atoms with Crippen LogP contribution in [0.5, 0.6) is 5.75 Å². The van der Waals surface area contributed by atoms with E-state index in [1.54, 1.807) is 18.2 Å². The number of hydrazone groups is 1. The van der Waals surface area contributed by atoms with Gasteiger partial charge < -0.3 is 25.8 Å². The maximum atomic E-state index is 12.8. The SMILES string of the molecule is O=C(NC1(CO)CC1)c1c(Cl)cccc1OCC1=CC(=O)N2N=C(c3ccccc3)NC2N1. The third-order valence-electron chi connectivity index (χ3n) is 5.74. The number of amidine groups is 1. The molecule has 1 atom stereocenters. The molecule has 2 amide bonds. The highest BCUT2D eigenvalue weighted by Gasteiger charge is 2.44. The summed E-state index contributed by atoms with van der Waals surface area (Å²) < 4.78 is 5.88. The van der Waals surface area contributed by atoms with Gasteiger partial charge in [0, 0.05) is 11.6 Å². The predicted molar refractivity (Wildman–Crippen MR) is 121 cm³/mol. The number of nitrogens with zero attached hydrogens (tertiary/aromatic N) is 2. The molecule has 0 spiro atoms. The van der Waals surface area contributed by atoms with E-state index in [4.69, 9.17) is 16.3 Å². The van der Waals surface area contributed by atoms with Crippen LogP contribution in [0.25, 0.3) is 0 Å². The van der Waals surface area contributed by atoms with Crippen molar-refractivity contribution in [2.24, 2.45) is 5.10 Å². The van der Waals surface area contributed by atoms with Gasteiger partial charge in [0.25, 0.3) is 11.8 Å². The zero-order valence-electron chi connectivity index (χ0n) is 17.5. The second kappa shape index (κ2) is 8.42. The van der Waals surface area contributed by atoms with Crippen molar-refractivity contribution in [2.75, 3.05) is 13.2 Å². The first-order valence-corrected chi connectivity index (χ1v) is 10.9. The number of amides is 2. The number of carbonyl (C=O) groups excluding carboxylic acids is 2. The molecule has 0 bridgehead atoms. The molecule has 2 aliphatic heterocycles. The molecular formula is C23H22ClN5O4. The number of benzene rings is 2. The standard InChI is InChI=1S/C23H22ClN5O4/c24-16-7-4-8-17(19(16)21(32)27-23(13-30)9-10-23)33-12-15-11-18(31)29-22(25-15)26-20(28-29)14-5-2-1-3-6-14/h1-8,11,22,25,30H,9-10,12-13H2,(H,26,28)(H,27,32). The number of hydrogen-bond acceptors (Lipinski definition) is 7. The second-order valence-electron chi connectivity index (χ2n) is 8.15. The number of aliphatic hydroxyl groups is 1. The Morgan fingerprint density at radius 2 is 2.00 bits per heavy atom. The summed E-state index contributed by atoms with van der Waals surface area (Å²) in [6.07, 6.45) is 2.29. The molecule has 5 rings (SSSR count). The Labute approximate surface area is 195 Å². The van der Waals surface area contributed by atoms with E-state index in [1.165, 1.54) is 11.1 Å². The van der Waals surface area contributed by atoms with Gasteiger partial charge in [0.1, 0.15) is 12.4 Å². The van der Waals surface area contributed by atoms with Crippen LogP contribution in [-0.4, -0.2) is 52.8 Å². The minimum absolute atomic E-state index is 0.0181. The van der Waals surface area contributed by atoms with Gasteiger partial charge in [-0.15, -0.1) is 5.10 Å². The molecule has 10 heteroatoms. The molecule has 1 fully saturated rings. The molecule has 2 aromatic rings. The molecule has 170 valence electrons. The Balaban J connectivity index is 1.27. The first-order valence-electron chi connectivity index (χ1n) is 10.5. The lowest BCUT2D eigenvalue weighted by Gasteiger charge is -2.28. The van der Waals surface area contributed by atoms with Crippen molar-refractivity contribution in [3.8, 4) is 5.75 Å². The highest BCUT2D eigenvalue weighted by atomic mass is 35.5. The van der Waals surface area contributed by atoms with E-state index in [2.05, 4.69) is 21.1 Å². The van der Waals surface area contributed by atoms with Crippen molar-refractivity contribution in [2.45, 2.75) is 24.7 Å². The molecule has 2 aromatic carbocycles. The summed E-state index contributed by atoms with van der Waals surface area (Å²) in [6.45, 7) is -0.111. The van der Waals surface area contributed by atoms with Crippen molar-refractivity contribution in [3.05, 3.63) is 76.5 Å². The Morgan fingerprint density at radius 3 is 2.73 bits per heavy atom. The summed E-state index contributed by atoms with van der Waals surface area (Å²) >= 11 is 6.29. The van der Waals surface area contributed by atoms with Crippen LogP contribution < -0.4 is 20.7 Å². The molecule has 1 unspecified atom stereocenters. The minimum atomic E-state index is -0.582. The van der Waals surface area contributed by atoms with Crippen LogP contribution >= 0.6 is 11.6 Å². The van der Waals surface area contributed by atoms with E-state index in [9.17, 15) is 14.7 Å².